The summed E-state index contributed by atoms with van der Waals surface area (Å²) in [6.45, 7) is 1.45. The second-order valence-electron chi connectivity index (χ2n) is 5.55. The van der Waals surface area contributed by atoms with Gasteiger partial charge in [0.05, 0.1) is 12.0 Å². The summed E-state index contributed by atoms with van der Waals surface area (Å²) in [5, 5.41) is 9.17. The zero-order chi connectivity index (χ0) is 16.6. The summed E-state index contributed by atoms with van der Waals surface area (Å²) in [5.74, 6) is -1.16. The molecule has 1 aliphatic carbocycles. The highest BCUT2D eigenvalue weighted by atomic mass is 16.4. The molecule has 0 aromatic carbocycles. The van der Waals surface area contributed by atoms with Gasteiger partial charge in [0.1, 0.15) is 17.4 Å². The number of amides is 1. The van der Waals surface area contributed by atoms with Crippen molar-refractivity contribution >= 4 is 11.9 Å². The highest BCUT2D eigenvalue weighted by Gasteiger charge is 2.39. The molecule has 1 saturated carbocycles. The number of pyridine rings is 1. The van der Waals surface area contributed by atoms with Crippen LogP contribution in [0.3, 0.4) is 0 Å². The van der Waals surface area contributed by atoms with Crippen LogP contribution in [-0.4, -0.2) is 39.0 Å². The third kappa shape index (κ3) is 2.90. The minimum absolute atomic E-state index is 0.0692. The smallest absolute Gasteiger partial charge is 0.326 e. The van der Waals surface area contributed by atoms with Crippen LogP contribution in [-0.2, 0) is 4.79 Å². The van der Waals surface area contributed by atoms with Crippen molar-refractivity contribution < 1.29 is 19.1 Å². The number of furan rings is 1. The lowest BCUT2D eigenvalue weighted by molar-refractivity contribution is -0.141. The van der Waals surface area contributed by atoms with E-state index in [-0.39, 0.29) is 11.6 Å². The van der Waals surface area contributed by atoms with Crippen LogP contribution in [0.1, 0.15) is 30.1 Å². The Morgan fingerprint density at radius 1 is 1.35 bits per heavy atom. The van der Waals surface area contributed by atoms with Crippen molar-refractivity contribution in [1.82, 2.24) is 9.88 Å². The van der Waals surface area contributed by atoms with Crippen molar-refractivity contribution in [3.05, 3.63) is 46.4 Å². The van der Waals surface area contributed by atoms with Crippen molar-refractivity contribution in [3.8, 4) is 11.5 Å². The van der Waals surface area contributed by atoms with E-state index in [1.54, 1.807) is 18.2 Å². The summed E-state index contributed by atoms with van der Waals surface area (Å²) in [6, 6.07) is 5.27. The van der Waals surface area contributed by atoms with Crippen molar-refractivity contribution in [2.45, 2.75) is 31.8 Å². The summed E-state index contributed by atoms with van der Waals surface area (Å²) in [6.07, 6.45) is 2.99. The first-order valence-corrected chi connectivity index (χ1v) is 7.31. The molecule has 3 rings (SSSR count). The van der Waals surface area contributed by atoms with Crippen LogP contribution in [0.25, 0.3) is 11.5 Å². The number of carboxylic acid groups (broad SMARTS) is 1. The van der Waals surface area contributed by atoms with Gasteiger partial charge in [0.25, 0.3) is 11.5 Å². The number of hydrogen-bond donors (Lipinski definition) is 2. The van der Waals surface area contributed by atoms with Gasteiger partial charge >= 0.3 is 5.97 Å². The maximum absolute atomic E-state index is 12.6. The summed E-state index contributed by atoms with van der Waals surface area (Å²) in [7, 11) is 0. The van der Waals surface area contributed by atoms with E-state index in [0.717, 1.165) is 12.8 Å². The lowest BCUT2D eigenvalue weighted by Crippen LogP contribution is -2.46. The number of H-pyrrole nitrogens is 1. The van der Waals surface area contributed by atoms with Gasteiger partial charge in [-0.1, -0.05) is 0 Å². The molecular formula is C16H16N2O5. The van der Waals surface area contributed by atoms with Gasteiger partial charge in [-0.05, 0) is 44.0 Å². The quantitative estimate of drug-likeness (QED) is 0.874. The van der Waals surface area contributed by atoms with E-state index in [1.807, 2.05) is 0 Å². The molecule has 0 saturated heterocycles. The number of nitrogens with one attached hydrogen (secondary N) is 1. The van der Waals surface area contributed by atoms with E-state index in [9.17, 15) is 19.5 Å². The lowest BCUT2D eigenvalue weighted by Gasteiger charge is -2.26. The zero-order valence-electron chi connectivity index (χ0n) is 12.5. The van der Waals surface area contributed by atoms with E-state index in [4.69, 9.17) is 4.42 Å². The molecule has 0 spiro atoms. The number of carboxylic acids is 1. The average Bonchev–Trinajstić information content (AvgIpc) is 3.19. The predicted octanol–water partition coefficient (Wildman–Crippen LogP) is 1.71. The van der Waals surface area contributed by atoms with Gasteiger partial charge in [0.15, 0.2) is 0 Å². The SMILES string of the molecule is CC(C(=O)O)N(C(=O)c1ccc(-c2ccco2)[nH]c1=O)C1CC1. The molecule has 2 aromatic rings. The molecule has 2 aromatic heterocycles. The van der Waals surface area contributed by atoms with Crippen molar-refractivity contribution in [2.75, 3.05) is 0 Å². The molecule has 0 radical (unpaired) electrons. The molecule has 7 nitrogen and oxygen atoms in total. The lowest BCUT2D eigenvalue weighted by atomic mass is 10.1. The van der Waals surface area contributed by atoms with Crippen LogP contribution in [0.5, 0.6) is 0 Å². The van der Waals surface area contributed by atoms with Gasteiger partial charge in [-0.3, -0.25) is 9.59 Å². The minimum atomic E-state index is -1.09. The Morgan fingerprint density at radius 3 is 2.61 bits per heavy atom. The van der Waals surface area contributed by atoms with Crippen LogP contribution >= 0.6 is 0 Å². The summed E-state index contributed by atoms with van der Waals surface area (Å²) in [4.78, 5) is 39.9. The van der Waals surface area contributed by atoms with Crippen LogP contribution in [0.2, 0.25) is 0 Å². The molecule has 1 amide bonds. The molecule has 1 unspecified atom stereocenters. The molecule has 1 aliphatic rings. The van der Waals surface area contributed by atoms with Crippen LogP contribution in [0.15, 0.2) is 39.7 Å². The standard InChI is InChI=1S/C16H16N2O5/c1-9(16(21)22)18(10-4-5-10)15(20)11-6-7-12(17-14(11)19)13-3-2-8-23-13/h2-3,6-10H,4-5H2,1H3,(H,17,19)(H,21,22). The Labute approximate surface area is 131 Å². The molecule has 120 valence electrons. The van der Waals surface area contributed by atoms with Gasteiger partial charge < -0.3 is 19.4 Å². The van der Waals surface area contributed by atoms with Gasteiger partial charge in [0, 0.05) is 6.04 Å². The third-order valence-electron chi connectivity index (χ3n) is 3.88. The fourth-order valence-electron chi connectivity index (χ4n) is 2.49. The predicted molar refractivity (Wildman–Crippen MR) is 81.1 cm³/mol. The topological polar surface area (TPSA) is 104 Å². The molecule has 0 aliphatic heterocycles. The monoisotopic (exact) mass is 316 g/mol. The Morgan fingerprint density at radius 2 is 2.09 bits per heavy atom. The molecule has 7 heteroatoms. The maximum Gasteiger partial charge on any atom is 0.326 e. The molecule has 2 N–H and O–H groups in total. The fraction of sp³-hybridized carbons (Fsp3) is 0.312. The number of rotatable bonds is 5. The number of nitrogens with zero attached hydrogens (tertiary/aromatic N) is 1. The first-order valence-electron chi connectivity index (χ1n) is 7.31. The Bertz CT molecular complexity index is 789. The average molecular weight is 316 g/mol. The molecule has 1 atom stereocenters. The molecule has 1 fully saturated rings. The third-order valence-corrected chi connectivity index (χ3v) is 3.88. The second kappa shape index (κ2) is 5.75. The largest absolute Gasteiger partial charge is 0.480 e. The Hall–Kier alpha value is -2.83. The van der Waals surface area contributed by atoms with Gasteiger partial charge in [-0.2, -0.15) is 0 Å². The highest BCUT2D eigenvalue weighted by Crippen LogP contribution is 2.30. The number of carbonyl (C=O) groups is 2. The maximum atomic E-state index is 12.6. The normalized spacial score (nSPS) is 15.2. The van der Waals surface area contributed by atoms with E-state index in [0.29, 0.717) is 11.5 Å². The number of aromatic nitrogens is 1. The van der Waals surface area contributed by atoms with E-state index in [1.165, 1.54) is 24.2 Å². The van der Waals surface area contributed by atoms with E-state index in [2.05, 4.69) is 4.98 Å². The van der Waals surface area contributed by atoms with Crippen LogP contribution in [0.4, 0.5) is 0 Å². The molecule has 23 heavy (non-hydrogen) atoms. The minimum Gasteiger partial charge on any atom is -0.480 e. The van der Waals surface area contributed by atoms with E-state index < -0.39 is 23.5 Å². The summed E-state index contributed by atoms with van der Waals surface area (Å²) >= 11 is 0. The Kier molecular flexibility index (Phi) is 3.77. The summed E-state index contributed by atoms with van der Waals surface area (Å²) in [5.41, 5.74) is -0.173. The zero-order valence-corrected chi connectivity index (χ0v) is 12.5. The molecule has 2 heterocycles. The molecule has 0 bridgehead atoms. The van der Waals surface area contributed by atoms with Gasteiger partial charge in [-0.25, -0.2) is 4.79 Å². The second-order valence-corrected chi connectivity index (χ2v) is 5.55. The fourth-order valence-corrected chi connectivity index (χ4v) is 2.49. The number of aliphatic carboxylic acids is 1. The van der Waals surface area contributed by atoms with Crippen LogP contribution in [0, 0.1) is 0 Å². The number of carbonyl (C=O) groups excluding carboxylic acids is 1. The Balaban J connectivity index is 1.92. The van der Waals surface area contributed by atoms with Crippen molar-refractivity contribution in [3.63, 3.8) is 0 Å². The highest BCUT2D eigenvalue weighted by molar-refractivity contribution is 5.96. The number of hydrogen-bond acceptors (Lipinski definition) is 4. The van der Waals surface area contributed by atoms with Gasteiger partial charge in [0.2, 0.25) is 0 Å². The summed E-state index contributed by atoms with van der Waals surface area (Å²) < 4.78 is 5.20. The van der Waals surface area contributed by atoms with Crippen LogP contribution < -0.4 is 5.56 Å². The van der Waals surface area contributed by atoms with Crippen molar-refractivity contribution in [1.29, 1.82) is 0 Å². The first kappa shape index (κ1) is 15.1. The first-order chi connectivity index (χ1) is 11.0. The van der Waals surface area contributed by atoms with E-state index >= 15 is 0 Å². The molecular weight excluding hydrogens is 300 g/mol. The van der Waals surface area contributed by atoms with Crippen molar-refractivity contribution in [2.24, 2.45) is 0 Å². The number of aromatic amines is 1. The van der Waals surface area contributed by atoms with Gasteiger partial charge in [-0.15, -0.1) is 0 Å².